The fourth-order valence-electron chi connectivity index (χ4n) is 3.18. The Morgan fingerprint density at radius 2 is 2.06 bits per heavy atom. The van der Waals surface area contributed by atoms with Crippen LogP contribution in [-0.2, 0) is 0 Å². The number of hydrogen-bond donors (Lipinski definition) is 1. The molecule has 3 unspecified atom stereocenters. The third kappa shape index (κ3) is 1.95. The van der Waals surface area contributed by atoms with E-state index >= 15 is 0 Å². The van der Waals surface area contributed by atoms with Gasteiger partial charge in [0, 0.05) is 6.04 Å². The second kappa shape index (κ2) is 4.96. The maximum Gasteiger partial charge on any atom is 0.162 e. The van der Waals surface area contributed by atoms with E-state index in [1.165, 1.54) is 6.07 Å². The van der Waals surface area contributed by atoms with E-state index in [0.29, 0.717) is 11.6 Å². The minimum Gasteiger partial charge on any atom is -0.314 e. The lowest BCUT2D eigenvalue weighted by Gasteiger charge is -2.54. The van der Waals surface area contributed by atoms with Crippen molar-refractivity contribution in [2.24, 2.45) is 5.41 Å². The molecule has 1 N–H and O–H groups in total. The lowest BCUT2D eigenvalue weighted by molar-refractivity contribution is 0.0431. The van der Waals surface area contributed by atoms with Crippen molar-refractivity contribution in [2.75, 3.05) is 6.54 Å². The summed E-state index contributed by atoms with van der Waals surface area (Å²) in [5.74, 6) is -1.29. The van der Waals surface area contributed by atoms with Crippen molar-refractivity contribution in [1.29, 1.82) is 0 Å². The maximum atomic E-state index is 13.9. The zero-order valence-corrected chi connectivity index (χ0v) is 11.3. The summed E-state index contributed by atoms with van der Waals surface area (Å²) >= 11 is 0. The van der Waals surface area contributed by atoms with Gasteiger partial charge >= 0.3 is 0 Å². The summed E-state index contributed by atoms with van der Waals surface area (Å²) in [5.41, 5.74) is 0.554. The molecule has 0 spiro atoms. The largest absolute Gasteiger partial charge is 0.314 e. The van der Waals surface area contributed by atoms with Crippen LogP contribution in [0.1, 0.15) is 45.1 Å². The van der Waals surface area contributed by atoms with E-state index in [9.17, 15) is 8.78 Å². The van der Waals surface area contributed by atoms with Crippen LogP contribution in [-0.4, -0.2) is 12.6 Å². The van der Waals surface area contributed by atoms with Crippen LogP contribution in [0, 0.1) is 17.0 Å². The van der Waals surface area contributed by atoms with Gasteiger partial charge in [0.05, 0.1) is 0 Å². The van der Waals surface area contributed by atoms with Crippen molar-refractivity contribution in [3.05, 3.63) is 35.4 Å². The molecule has 1 saturated carbocycles. The highest BCUT2D eigenvalue weighted by Gasteiger charge is 2.51. The summed E-state index contributed by atoms with van der Waals surface area (Å²) in [4.78, 5) is 0. The van der Waals surface area contributed by atoms with Gasteiger partial charge < -0.3 is 5.32 Å². The van der Waals surface area contributed by atoms with Gasteiger partial charge in [-0.1, -0.05) is 32.9 Å². The highest BCUT2D eigenvalue weighted by atomic mass is 19.2. The van der Waals surface area contributed by atoms with Crippen LogP contribution in [0.3, 0.4) is 0 Å². The zero-order chi connectivity index (χ0) is 13.3. The minimum atomic E-state index is -0.738. The molecule has 1 fully saturated rings. The number of nitrogens with one attached hydrogen (secondary N) is 1. The first-order chi connectivity index (χ1) is 8.54. The van der Waals surface area contributed by atoms with Gasteiger partial charge in [0.15, 0.2) is 11.6 Å². The molecule has 0 radical (unpaired) electrons. The van der Waals surface area contributed by atoms with E-state index in [1.54, 1.807) is 12.1 Å². The Bertz CT molecular complexity index is 433. The SMILES string of the molecule is CCNC1CC(c2cccc(F)c2F)C1(C)CC. The van der Waals surface area contributed by atoms with Gasteiger partial charge in [0.1, 0.15) is 0 Å². The monoisotopic (exact) mass is 253 g/mol. The Balaban J connectivity index is 2.28. The minimum absolute atomic E-state index is 0.0185. The summed E-state index contributed by atoms with van der Waals surface area (Å²) in [6, 6.07) is 4.91. The zero-order valence-electron chi connectivity index (χ0n) is 11.3. The standard InChI is InChI=1S/C15H21F2N/c1-4-15(3)11(9-13(15)18-5-2)10-7-6-8-12(16)14(10)17/h6-8,11,13,18H,4-5,9H2,1-3H3. The Morgan fingerprint density at radius 3 is 2.67 bits per heavy atom. The predicted molar refractivity (Wildman–Crippen MR) is 69.6 cm³/mol. The molecule has 0 saturated heterocycles. The Morgan fingerprint density at radius 1 is 1.33 bits per heavy atom. The average molecular weight is 253 g/mol. The highest BCUT2D eigenvalue weighted by Crippen LogP contribution is 2.55. The first-order valence-corrected chi connectivity index (χ1v) is 6.71. The Labute approximate surface area is 108 Å². The van der Waals surface area contributed by atoms with Gasteiger partial charge in [-0.05, 0) is 42.3 Å². The molecule has 1 aromatic rings. The Hall–Kier alpha value is -0.960. The van der Waals surface area contributed by atoms with Crippen molar-refractivity contribution in [1.82, 2.24) is 5.32 Å². The number of halogens is 2. The summed E-state index contributed by atoms with van der Waals surface area (Å²) in [6.45, 7) is 7.28. The summed E-state index contributed by atoms with van der Waals surface area (Å²) in [6.07, 6.45) is 1.85. The molecule has 1 aliphatic rings. The first kappa shape index (κ1) is 13.5. The molecule has 0 amide bonds. The van der Waals surface area contributed by atoms with Gasteiger partial charge in [-0.3, -0.25) is 0 Å². The summed E-state index contributed by atoms with van der Waals surface area (Å²) in [5, 5.41) is 3.44. The lowest BCUT2D eigenvalue weighted by Crippen LogP contribution is -2.56. The lowest BCUT2D eigenvalue weighted by atomic mass is 9.54. The molecule has 18 heavy (non-hydrogen) atoms. The fraction of sp³-hybridized carbons (Fsp3) is 0.600. The third-order valence-electron chi connectivity index (χ3n) is 4.63. The van der Waals surface area contributed by atoms with E-state index in [1.807, 2.05) is 0 Å². The average Bonchev–Trinajstić information content (AvgIpc) is 2.37. The number of benzene rings is 1. The van der Waals surface area contributed by atoms with Gasteiger partial charge in [0.2, 0.25) is 0 Å². The van der Waals surface area contributed by atoms with E-state index < -0.39 is 11.6 Å². The van der Waals surface area contributed by atoms with Crippen molar-refractivity contribution >= 4 is 0 Å². The van der Waals surface area contributed by atoms with E-state index in [0.717, 1.165) is 19.4 Å². The molecule has 100 valence electrons. The van der Waals surface area contributed by atoms with Crippen LogP contribution in [0.15, 0.2) is 18.2 Å². The van der Waals surface area contributed by atoms with Crippen molar-refractivity contribution in [3.8, 4) is 0 Å². The first-order valence-electron chi connectivity index (χ1n) is 6.71. The fourth-order valence-corrected chi connectivity index (χ4v) is 3.18. The van der Waals surface area contributed by atoms with E-state index in [2.05, 4.69) is 26.1 Å². The topological polar surface area (TPSA) is 12.0 Å². The smallest absolute Gasteiger partial charge is 0.162 e. The third-order valence-corrected chi connectivity index (χ3v) is 4.63. The molecule has 2 rings (SSSR count). The van der Waals surface area contributed by atoms with Crippen molar-refractivity contribution in [3.63, 3.8) is 0 Å². The molecule has 1 aliphatic carbocycles. The molecule has 0 bridgehead atoms. The van der Waals surface area contributed by atoms with Crippen LogP contribution < -0.4 is 5.32 Å². The van der Waals surface area contributed by atoms with E-state index in [-0.39, 0.29) is 11.3 Å². The second-order valence-electron chi connectivity index (χ2n) is 5.40. The molecular weight excluding hydrogens is 232 g/mol. The van der Waals surface area contributed by atoms with E-state index in [4.69, 9.17) is 0 Å². The molecule has 3 heteroatoms. The molecule has 3 atom stereocenters. The predicted octanol–water partition coefficient (Wildman–Crippen LogP) is 3.85. The molecule has 0 aliphatic heterocycles. The molecule has 1 aromatic carbocycles. The summed E-state index contributed by atoms with van der Waals surface area (Å²) in [7, 11) is 0. The highest BCUT2D eigenvalue weighted by molar-refractivity contribution is 5.30. The van der Waals surface area contributed by atoms with Crippen molar-refractivity contribution < 1.29 is 8.78 Å². The van der Waals surface area contributed by atoms with Crippen LogP contribution >= 0.6 is 0 Å². The molecular formula is C15H21F2N. The Kier molecular flexibility index (Phi) is 3.71. The van der Waals surface area contributed by atoms with Crippen LogP contribution in [0.2, 0.25) is 0 Å². The summed E-state index contributed by atoms with van der Waals surface area (Å²) < 4.78 is 27.2. The second-order valence-corrected chi connectivity index (χ2v) is 5.40. The maximum absolute atomic E-state index is 13.9. The molecule has 0 aromatic heterocycles. The van der Waals surface area contributed by atoms with Gasteiger partial charge in [0.25, 0.3) is 0 Å². The van der Waals surface area contributed by atoms with Gasteiger partial charge in [-0.2, -0.15) is 0 Å². The van der Waals surface area contributed by atoms with Crippen LogP contribution in [0.5, 0.6) is 0 Å². The van der Waals surface area contributed by atoms with Crippen molar-refractivity contribution in [2.45, 2.75) is 45.6 Å². The quantitative estimate of drug-likeness (QED) is 0.859. The number of hydrogen-bond acceptors (Lipinski definition) is 1. The van der Waals surface area contributed by atoms with Gasteiger partial charge in [-0.25, -0.2) is 8.78 Å². The normalized spacial score (nSPS) is 31.2. The number of rotatable bonds is 4. The van der Waals surface area contributed by atoms with Crippen LogP contribution in [0.25, 0.3) is 0 Å². The van der Waals surface area contributed by atoms with Gasteiger partial charge in [-0.15, -0.1) is 0 Å². The molecule has 0 heterocycles. The van der Waals surface area contributed by atoms with Crippen LogP contribution in [0.4, 0.5) is 8.78 Å². The molecule has 1 nitrogen and oxygen atoms in total.